The van der Waals surface area contributed by atoms with E-state index in [0.29, 0.717) is 23.3 Å². The first kappa shape index (κ1) is 18.2. The van der Waals surface area contributed by atoms with Gasteiger partial charge in [0, 0.05) is 10.6 Å². The van der Waals surface area contributed by atoms with Crippen LogP contribution >= 0.6 is 11.6 Å². The number of nitrogens with zero attached hydrogens (tertiary/aromatic N) is 2. The number of aromatic nitrogens is 2. The summed E-state index contributed by atoms with van der Waals surface area (Å²) in [6.07, 6.45) is 0. The summed E-state index contributed by atoms with van der Waals surface area (Å²) >= 11 is 5.91. The molecular weight excluding hydrogens is 354 g/mol. The molecule has 3 rings (SSSR count). The molecule has 2 aromatic carbocycles. The highest BCUT2D eigenvalue weighted by Crippen LogP contribution is 2.30. The minimum atomic E-state index is 0.559. The molecule has 1 heterocycles. The molecule has 26 heavy (non-hydrogen) atoms. The van der Waals surface area contributed by atoms with E-state index in [9.17, 15) is 0 Å². The molecule has 136 valence electrons. The molecule has 0 bridgehead atoms. The second kappa shape index (κ2) is 8.21. The molecule has 0 fully saturated rings. The van der Waals surface area contributed by atoms with E-state index in [0.717, 1.165) is 29.2 Å². The highest BCUT2D eigenvalue weighted by molar-refractivity contribution is 6.30. The first-order valence-electron chi connectivity index (χ1n) is 8.20. The summed E-state index contributed by atoms with van der Waals surface area (Å²) in [5, 5.41) is 4.72. The number of nitrogens with one attached hydrogen (secondary N) is 1. The Bertz CT molecular complexity index is 865. The average molecular weight is 375 g/mol. The normalized spacial score (nSPS) is 12.0. The van der Waals surface area contributed by atoms with Gasteiger partial charge in [-0.05, 0) is 36.4 Å². The zero-order valence-electron chi connectivity index (χ0n) is 15.0. The molecule has 0 saturated carbocycles. The lowest BCUT2D eigenvalue weighted by atomic mass is 10.1. The molecule has 1 atom stereocenters. The highest BCUT2D eigenvalue weighted by Gasteiger charge is 2.17. The Hall–Kier alpha value is -2.57. The van der Waals surface area contributed by atoms with Gasteiger partial charge in [0.05, 0.1) is 26.8 Å². The van der Waals surface area contributed by atoms with Crippen molar-refractivity contribution in [1.29, 1.82) is 0 Å². The number of hydrogen-bond donors (Lipinski definition) is 1. The molecule has 0 radical (unpaired) electrons. The summed E-state index contributed by atoms with van der Waals surface area (Å²) in [5.74, 6) is 2.61. The topological polar surface area (TPSA) is 61.8 Å². The maximum atomic E-state index is 5.91. The van der Waals surface area contributed by atoms with Gasteiger partial charge in [0.2, 0.25) is 5.82 Å². The van der Waals surface area contributed by atoms with Gasteiger partial charge in [-0.25, -0.2) is 0 Å². The summed E-state index contributed by atoms with van der Waals surface area (Å²) in [6, 6.07) is 13.2. The molecule has 0 aliphatic rings. The van der Waals surface area contributed by atoms with Crippen molar-refractivity contribution in [3.63, 3.8) is 0 Å². The molecule has 1 unspecified atom stereocenters. The first-order chi connectivity index (χ1) is 12.6. The fourth-order valence-corrected chi connectivity index (χ4v) is 2.91. The Labute approximate surface area is 157 Å². The predicted octanol–water partition coefficient (Wildman–Crippen LogP) is 2.62. The Kier molecular flexibility index (Phi) is 5.75. The van der Waals surface area contributed by atoms with Crippen LogP contribution in [0, 0.1) is 0 Å². The van der Waals surface area contributed by atoms with Crippen molar-refractivity contribution in [2.45, 2.75) is 13.1 Å². The predicted molar refractivity (Wildman–Crippen MR) is 98.6 cm³/mol. The number of benzene rings is 2. The van der Waals surface area contributed by atoms with E-state index >= 15 is 0 Å². The third-order valence-electron chi connectivity index (χ3n) is 4.00. The van der Waals surface area contributed by atoms with Crippen molar-refractivity contribution in [2.75, 3.05) is 21.3 Å². The Balaban J connectivity index is 1.69. The summed E-state index contributed by atoms with van der Waals surface area (Å²) < 4.78 is 16.2. The summed E-state index contributed by atoms with van der Waals surface area (Å²) in [6.45, 7) is 1.33. The lowest BCUT2D eigenvalue weighted by molar-refractivity contribution is -0.909. The van der Waals surface area contributed by atoms with Gasteiger partial charge >= 0.3 is 0 Å². The van der Waals surface area contributed by atoms with Crippen LogP contribution < -0.4 is 14.4 Å². The number of halogens is 1. The maximum absolute atomic E-state index is 5.91. The van der Waals surface area contributed by atoms with Gasteiger partial charge in [-0.3, -0.25) is 0 Å². The zero-order valence-corrected chi connectivity index (χ0v) is 15.7. The van der Waals surface area contributed by atoms with Gasteiger partial charge in [0.15, 0.2) is 18.0 Å². The van der Waals surface area contributed by atoms with Crippen LogP contribution in [0.15, 0.2) is 47.0 Å². The number of hydrogen-bond acceptors (Lipinski definition) is 5. The van der Waals surface area contributed by atoms with E-state index in [-0.39, 0.29) is 0 Å². The number of para-hydroxylation sites is 1. The van der Waals surface area contributed by atoms with Crippen molar-refractivity contribution in [2.24, 2.45) is 0 Å². The Morgan fingerprint density at radius 1 is 1.04 bits per heavy atom. The molecular formula is C19H21ClN3O3+. The number of rotatable bonds is 7. The number of quaternary nitrogens is 1. The molecule has 0 amide bonds. The smallest absolute Gasteiger partial charge is 0.282 e. The molecule has 0 aliphatic heterocycles. The van der Waals surface area contributed by atoms with Gasteiger partial charge in [0.1, 0.15) is 6.54 Å². The molecule has 6 nitrogen and oxygen atoms in total. The quantitative estimate of drug-likeness (QED) is 0.688. The third kappa shape index (κ3) is 4.15. The fraction of sp³-hybridized carbons (Fsp3) is 0.263. The molecule has 3 aromatic rings. The SMILES string of the molecule is COc1cccc(C[NH+](C)Cc2nc(-c3ccc(Cl)cc3)no2)c1OC. The van der Waals surface area contributed by atoms with Crippen LogP contribution in [0.5, 0.6) is 11.5 Å². The molecule has 0 aliphatic carbocycles. The zero-order chi connectivity index (χ0) is 18.5. The van der Waals surface area contributed by atoms with Gasteiger partial charge in [-0.15, -0.1) is 0 Å². The molecule has 7 heteroatoms. The summed E-state index contributed by atoms with van der Waals surface area (Å²) in [5.41, 5.74) is 1.93. The molecule has 0 saturated heterocycles. The third-order valence-corrected chi connectivity index (χ3v) is 4.25. The van der Waals surface area contributed by atoms with Crippen LogP contribution in [-0.4, -0.2) is 31.4 Å². The summed E-state index contributed by atoms with van der Waals surface area (Å²) in [4.78, 5) is 5.65. The minimum absolute atomic E-state index is 0.559. The van der Waals surface area contributed by atoms with Crippen molar-refractivity contribution in [1.82, 2.24) is 10.1 Å². The van der Waals surface area contributed by atoms with Gasteiger partial charge < -0.3 is 18.9 Å². The fourth-order valence-electron chi connectivity index (χ4n) is 2.78. The van der Waals surface area contributed by atoms with Crippen molar-refractivity contribution >= 4 is 11.6 Å². The number of methoxy groups -OCH3 is 2. The van der Waals surface area contributed by atoms with Gasteiger partial charge in [-0.1, -0.05) is 22.8 Å². The van der Waals surface area contributed by atoms with Crippen LogP contribution in [0.3, 0.4) is 0 Å². The summed E-state index contributed by atoms with van der Waals surface area (Å²) in [7, 11) is 5.34. The second-order valence-electron chi connectivity index (χ2n) is 5.98. The lowest BCUT2D eigenvalue weighted by Gasteiger charge is -2.16. The Morgan fingerprint density at radius 3 is 2.50 bits per heavy atom. The second-order valence-corrected chi connectivity index (χ2v) is 6.42. The lowest BCUT2D eigenvalue weighted by Crippen LogP contribution is -3.06. The van der Waals surface area contributed by atoms with E-state index in [1.807, 2.05) is 30.3 Å². The van der Waals surface area contributed by atoms with Crippen LogP contribution in [0.1, 0.15) is 11.5 Å². The largest absolute Gasteiger partial charge is 0.493 e. The average Bonchev–Trinajstić information content (AvgIpc) is 3.10. The van der Waals surface area contributed by atoms with Crippen LogP contribution in [0.4, 0.5) is 0 Å². The Morgan fingerprint density at radius 2 is 1.81 bits per heavy atom. The molecule has 1 N–H and O–H groups in total. The van der Waals surface area contributed by atoms with Gasteiger partial charge in [-0.2, -0.15) is 4.98 Å². The number of ether oxygens (including phenoxy) is 2. The van der Waals surface area contributed by atoms with Crippen molar-refractivity contribution in [3.8, 4) is 22.9 Å². The van der Waals surface area contributed by atoms with Gasteiger partial charge in [0.25, 0.3) is 5.89 Å². The van der Waals surface area contributed by atoms with E-state index in [4.69, 9.17) is 25.6 Å². The standard InChI is InChI=1S/C19H20ClN3O3/c1-23(11-14-5-4-6-16(24-2)18(14)25-3)12-17-21-19(22-26-17)13-7-9-15(20)10-8-13/h4-10H,11-12H2,1-3H3/p+1. The van der Waals surface area contributed by atoms with Crippen LogP contribution in [0.25, 0.3) is 11.4 Å². The van der Waals surface area contributed by atoms with E-state index < -0.39 is 0 Å². The molecule has 0 spiro atoms. The highest BCUT2D eigenvalue weighted by atomic mass is 35.5. The molecule has 1 aromatic heterocycles. The van der Waals surface area contributed by atoms with Crippen LogP contribution in [-0.2, 0) is 13.1 Å². The van der Waals surface area contributed by atoms with Crippen molar-refractivity contribution in [3.05, 3.63) is 58.9 Å². The first-order valence-corrected chi connectivity index (χ1v) is 8.58. The monoisotopic (exact) mass is 374 g/mol. The van der Waals surface area contributed by atoms with E-state index in [1.54, 1.807) is 26.4 Å². The van der Waals surface area contributed by atoms with E-state index in [1.165, 1.54) is 4.90 Å². The maximum Gasteiger partial charge on any atom is 0.282 e. The van der Waals surface area contributed by atoms with Crippen LogP contribution in [0.2, 0.25) is 5.02 Å². The minimum Gasteiger partial charge on any atom is -0.493 e. The van der Waals surface area contributed by atoms with E-state index in [2.05, 4.69) is 17.2 Å². The van der Waals surface area contributed by atoms with Crippen molar-refractivity contribution < 1.29 is 18.9 Å².